The lowest BCUT2D eigenvalue weighted by molar-refractivity contribution is -0.384. The van der Waals surface area contributed by atoms with Gasteiger partial charge in [0.2, 0.25) is 0 Å². The fourth-order valence-corrected chi connectivity index (χ4v) is 1.25. The Morgan fingerprint density at radius 3 is 2.65 bits per heavy atom. The van der Waals surface area contributed by atoms with E-state index in [1.807, 2.05) is 0 Å². The zero-order valence-corrected chi connectivity index (χ0v) is 9.56. The normalized spacial score (nSPS) is 10.4. The average Bonchev–Trinajstić information content (AvgIpc) is 2.29. The lowest BCUT2D eigenvalue weighted by Crippen LogP contribution is -2.28. The van der Waals surface area contributed by atoms with Gasteiger partial charge in [0.15, 0.2) is 0 Å². The van der Waals surface area contributed by atoms with Crippen molar-refractivity contribution in [3.63, 3.8) is 0 Å². The van der Waals surface area contributed by atoms with Crippen molar-refractivity contribution in [2.45, 2.75) is 19.4 Å². The van der Waals surface area contributed by atoms with Gasteiger partial charge in [-0.05, 0) is 26.0 Å². The van der Waals surface area contributed by atoms with Crippen molar-refractivity contribution >= 4 is 17.7 Å². The second-order valence-corrected chi connectivity index (χ2v) is 4.05. The molecule has 0 saturated heterocycles. The molecule has 0 spiro atoms. The monoisotopic (exact) mass is 232 g/mol. The van der Waals surface area contributed by atoms with Crippen LogP contribution in [0.25, 0.3) is 0 Å². The molecule has 0 bridgehead atoms. The van der Waals surface area contributed by atoms with E-state index in [0.29, 0.717) is 12.0 Å². The molecule has 0 amide bonds. The van der Waals surface area contributed by atoms with Gasteiger partial charge in [-0.1, -0.05) is 5.92 Å². The van der Waals surface area contributed by atoms with E-state index < -0.39 is 10.5 Å². The Morgan fingerprint density at radius 1 is 1.53 bits per heavy atom. The molecule has 1 N–H and O–H groups in total. The highest BCUT2D eigenvalue weighted by Gasteiger charge is 2.20. The van der Waals surface area contributed by atoms with Crippen molar-refractivity contribution in [2.75, 3.05) is 5.32 Å². The van der Waals surface area contributed by atoms with Gasteiger partial charge in [-0.3, -0.25) is 14.9 Å². The minimum Gasteiger partial charge on any atom is -0.364 e. The van der Waals surface area contributed by atoms with E-state index in [1.165, 1.54) is 18.2 Å². The van der Waals surface area contributed by atoms with Crippen LogP contribution in [0.3, 0.4) is 0 Å². The number of carbonyl (C=O) groups excluding carboxylic acids is 1. The predicted octanol–water partition coefficient (Wildman–Crippen LogP) is 2.23. The Balaban J connectivity index is 3.21. The van der Waals surface area contributed by atoms with E-state index in [0.717, 1.165) is 0 Å². The van der Waals surface area contributed by atoms with E-state index in [9.17, 15) is 14.9 Å². The Hall–Kier alpha value is -2.35. The molecule has 1 aromatic rings. The van der Waals surface area contributed by atoms with Crippen molar-refractivity contribution in [1.82, 2.24) is 0 Å². The Bertz CT molecular complexity index is 501. The summed E-state index contributed by atoms with van der Waals surface area (Å²) >= 11 is 0. The van der Waals surface area contributed by atoms with Crippen LogP contribution in [0.2, 0.25) is 0 Å². The van der Waals surface area contributed by atoms with Crippen molar-refractivity contribution in [1.29, 1.82) is 0 Å². The van der Waals surface area contributed by atoms with Gasteiger partial charge < -0.3 is 5.32 Å². The number of rotatable bonds is 4. The van der Waals surface area contributed by atoms with Gasteiger partial charge in [0.05, 0.1) is 10.5 Å². The van der Waals surface area contributed by atoms with E-state index in [4.69, 9.17) is 6.42 Å². The minimum atomic E-state index is -0.701. The first-order valence-corrected chi connectivity index (χ1v) is 4.89. The van der Waals surface area contributed by atoms with Gasteiger partial charge in [0.25, 0.3) is 5.69 Å². The first-order chi connectivity index (χ1) is 7.89. The lowest BCUT2D eigenvalue weighted by Gasteiger charge is -2.20. The molecule has 1 aromatic carbocycles. The average molecular weight is 232 g/mol. The maximum atomic E-state index is 10.9. The molecular weight excluding hydrogens is 220 g/mol. The van der Waals surface area contributed by atoms with Gasteiger partial charge in [0, 0.05) is 11.6 Å². The molecule has 0 atom stereocenters. The van der Waals surface area contributed by atoms with Crippen molar-refractivity contribution in [2.24, 2.45) is 0 Å². The zero-order valence-electron chi connectivity index (χ0n) is 9.56. The van der Waals surface area contributed by atoms with Gasteiger partial charge in [-0.25, -0.2) is 0 Å². The molecule has 0 aliphatic heterocycles. The van der Waals surface area contributed by atoms with Crippen LogP contribution in [0.4, 0.5) is 11.4 Å². The van der Waals surface area contributed by atoms with Gasteiger partial charge in [-0.15, -0.1) is 6.42 Å². The number of nitro groups is 1. The highest BCUT2D eigenvalue weighted by Crippen LogP contribution is 2.27. The van der Waals surface area contributed by atoms with E-state index >= 15 is 0 Å². The molecule has 88 valence electrons. The van der Waals surface area contributed by atoms with Crippen LogP contribution in [0.1, 0.15) is 24.2 Å². The Kier molecular flexibility index (Phi) is 3.49. The molecule has 0 aliphatic rings. The molecule has 0 saturated carbocycles. The largest absolute Gasteiger partial charge is 0.364 e. The zero-order chi connectivity index (χ0) is 13.1. The number of hydrogen-bond acceptors (Lipinski definition) is 4. The molecule has 0 aromatic heterocycles. The van der Waals surface area contributed by atoms with Gasteiger partial charge in [0.1, 0.15) is 12.0 Å². The molecule has 0 heterocycles. The molecule has 0 fully saturated rings. The van der Waals surface area contributed by atoms with Crippen LogP contribution in [-0.4, -0.2) is 16.7 Å². The number of aldehydes is 1. The molecular formula is C12H12N2O3. The van der Waals surface area contributed by atoms with Crippen molar-refractivity contribution in [3.05, 3.63) is 33.9 Å². The number of benzene rings is 1. The fourth-order valence-electron chi connectivity index (χ4n) is 1.25. The van der Waals surface area contributed by atoms with Crippen LogP contribution in [0, 0.1) is 22.5 Å². The summed E-state index contributed by atoms with van der Waals surface area (Å²) in [5.41, 5.74) is -0.324. The summed E-state index contributed by atoms with van der Waals surface area (Å²) in [6.45, 7) is 3.45. The molecule has 0 aliphatic carbocycles. The van der Waals surface area contributed by atoms with Crippen LogP contribution in [-0.2, 0) is 0 Å². The predicted molar refractivity (Wildman–Crippen MR) is 65.0 cm³/mol. The van der Waals surface area contributed by atoms with Crippen LogP contribution in [0.15, 0.2) is 18.2 Å². The lowest BCUT2D eigenvalue weighted by atomic mass is 10.1. The number of nitro benzene ring substituents is 1. The number of nitrogens with zero attached hydrogens (tertiary/aromatic N) is 1. The summed E-state index contributed by atoms with van der Waals surface area (Å²) in [7, 11) is 0. The van der Waals surface area contributed by atoms with Gasteiger partial charge in [-0.2, -0.15) is 0 Å². The summed E-state index contributed by atoms with van der Waals surface area (Å²) < 4.78 is 0. The third-order valence-corrected chi connectivity index (χ3v) is 2.16. The number of nitrogens with one attached hydrogen (secondary N) is 1. The van der Waals surface area contributed by atoms with Gasteiger partial charge >= 0.3 is 0 Å². The number of hydrogen-bond donors (Lipinski definition) is 1. The summed E-state index contributed by atoms with van der Waals surface area (Å²) in [4.78, 5) is 20.9. The topological polar surface area (TPSA) is 72.2 Å². The van der Waals surface area contributed by atoms with Crippen LogP contribution in [0.5, 0.6) is 0 Å². The molecule has 5 heteroatoms. The van der Waals surface area contributed by atoms with E-state index in [2.05, 4.69) is 11.2 Å². The minimum absolute atomic E-state index is 0.169. The number of carbonyl (C=O) groups is 1. The van der Waals surface area contributed by atoms with Crippen LogP contribution >= 0.6 is 0 Å². The van der Waals surface area contributed by atoms with Crippen molar-refractivity contribution < 1.29 is 9.72 Å². The molecule has 1 rings (SSSR count). The summed E-state index contributed by atoms with van der Waals surface area (Å²) in [6, 6.07) is 4.18. The van der Waals surface area contributed by atoms with E-state index in [-0.39, 0.29) is 11.3 Å². The molecule has 0 unspecified atom stereocenters. The van der Waals surface area contributed by atoms with Crippen molar-refractivity contribution in [3.8, 4) is 12.3 Å². The third kappa shape index (κ3) is 3.05. The third-order valence-electron chi connectivity index (χ3n) is 2.16. The summed E-state index contributed by atoms with van der Waals surface area (Å²) in [5.74, 6) is 2.48. The first kappa shape index (κ1) is 12.7. The maximum absolute atomic E-state index is 10.9. The Labute approximate surface area is 99.0 Å². The smallest absolute Gasteiger partial charge is 0.293 e. The highest BCUT2D eigenvalue weighted by atomic mass is 16.6. The number of terminal acetylenes is 1. The molecule has 0 radical (unpaired) electrons. The second-order valence-electron chi connectivity index (χ2n) is 4.05. The standard InChI is InChI=1S/C12H12N2O3/c1-4-12(2,3)13-10-6-5-9(8-15)7-11(10)14(16)17/h1,5-8,13H,2-3H3. The maximum Gasteiger partial charge on any atom is 0.293 e. The fraction of sp³-hybridized carbons (Fsp3) is 0.250. The Morgan fingerprint density at radius 2 is 2.18 bits per heavy atom. The first-order valence-electron chi connectivity index (χ1n) is 4.89. The molecule has 5 nitrogen and oxygen atoms in total. The summed E-state index contributed by atoms with van der Waals surface area (Å²) in [6.07, 6.45) is 5.86. The molecule has 17 heavy (non-hydrogen) atoms. The second kappa shape index (κ2) is 4.66. The number of anilines is 1. The van der Waals surface area contributed by atoms with Crippen LogP contribution < -0.4 is 5.32 Å². The highest BCUT2D eigenvalue weighted by molar-refractivity contribution is 5.79. The summed E-state index contributed by atoms with van der Waals surface area (Å²) in [5, 5.41) is 13.7. The quantitative estimate of drug-likeness (QED) is 0.374. The van der Waals surface area contributed by atoms with E-state index in [1.54, 1.807) is 13.8 Å². The SMILES string of the molecule is C#CC(C)(C)Nc1ccc(C=O)cc1[N+](=O)[O-].